The number of sulfonamides is 1. The summed E-state index contributed by atoms with van der Waals surface area (Å²) in [6, 6.07) is 7.30. The number of likely N-dealkylation sites (tertiary alicyclic amines) is 1. The number of ether oxygens (including phenoxy) is 1. The summed E-state index contributed by atoms with van der Waals surface area (Å²) in [5.41, 5.74) is 0.460. The molecule has 1 saturated carbocycles. The minimum atomic E-state index is -3.46. The summed E-state index contributed by atoms with van der Waals surface area (Å²) in [6.07, 6.45) is 3.21. The van der Waals surface area contributed by atoms with Crippen LogP contribution in [-0.4, -0.2) is 57.5 Å². The number of fused-ring (bicyclic) bond motifs is 2. The van der Waals surface area contributed by atoms with Gasteiger partial charge in [-0.05, 0) is 49.4 Å². The van der Waals surface area contributed by atoms with Crippen molar-refractivity contribution in [2.75, 3.05) is 43.8 Å². The molecule has 6 nitrogen and oxygen atoms in total. The van der Waals surface area contributed by atoms with Gasteiger partial charge in [-0.1, -0.05) is 26.0 Å². The minimum Gasteiger partial charge on any atom is -0.384 e. The Hall–Kier alpha value is -1.15. The van der Waals surface area contributed by atoms with Crippen molar-refractivity contribution < 1.29 is 18.3 Å². The molecule has 28 heavy (non-hydrogen) atoms. The number of nitrogens with zero attached hydrogens (tertiary/aromatic N) is 1. The quantitative estimate of drug-likeness (QED) is 0.654. The van der Waals surface area contributed by atoms with Crippen LogP contribution in [0.2, 0.25) is 0 Å². The van der Waals surface area contributed by atoms with Crippen LogP contribution in [0.15, 0.2) is 24.3 Å². The molecule has 1 aromatic rings. The van der Waals surface area contributed by atoms with Crippen LogP contribution in [0.4, 0.5) is 5.69 Å². The Morgan fingerprint density at radius 2 is 1.96 bits per heavy atom. The van der Waals surface area contributed by atoms with Gasteiger partial charge >= 0.3 is 0 Å². The molecule has 2 N–H and O–H groups in total. The number of anilines is 1. The monoisotopic (exact) mass is 410 g/mol. The zero-order chi connectivity index (χ0) is 20.4. The molecule has 2 unspecified atom stereocenters. The van der Waals surface area contributed by atoms with Crippen LogP contribution in [0, 0.1) is 17.8 Å². The van der Waals surface area contributed by atoms with Gasteiger partial charge < -0.3 is 14.7 Å². The molecular weight excluding hydrogens is 376 g/mol. The first-order chi connectivity index (χ1) is 13.2. The summed E-state index contributed by atoms with van der Waals surface area (Å²) in [6.45, 7) is 7.53. The van der Waals surface area contributed by atoms with Crippen LogP contribution in [0.5, 0.6) is 0 Å². The predicted molar refractivity (Wildman–Crippen MR) is 112 cm³/mol. The molecule has 158 valence electrons. The second-order valence-electron chi connectivity index (χ2n) is 8.73. The van der Waals surface area contributed by atoms with Gasteiger partial charge in [-0.3, -0.25) is 4.72 Å². The molecule has 0 amide bonds. The van der Waals surface area contributed by atoms with Crippen molar-refractivity contribution in [1.82, 2.24) is 4.90 Å². The number of rotatable bonds is 9. The Morgan fingerprint density at radius 1 is 1.29 bits per heavy atom. The Balaban J connectivity index is 1.75. The Bertz CT molecular complexity index is 751. The molecule has 2 aliphatic rings. The first-order valence-electron chi connectivity index (χ1n) is 10.3. The molecule has 2 bridgehead atoms. The van der Waals surface area contributed by atoms with E-state index in [0.717, 1.165) is 38.0 Å². The van der Waals surface area contributed by atoms with Gasteiger partial charge in [0.05, 0.1) is 18.0 Å². The summed E-state index contributed by atoms with van der Waals surface area (Å²) in [4.78, 5) is 2.49. The number of hydrogen-bond acceptors (Lipinski definition) is 5. The molecule has 0 spiro atoms. The van der Waals surface area contributed by atoms with Crippen LogP contribution in [0.1, 0.15) is 38.7 Å². The third-order valence-electron chi connectivity index (χ3n) is 6.24. The van der Waals surface area contributed by atoms with E-state index in [0.29, 0.717) is 11.6 Å². The van der Waals surface area contributed by atoms with Gasteiger partial charge in [0.1, 0.15) is 0 Å². The van der Waals surface area contributed by atoms with Crippen molar-refractivity contribution in [2.45, 2.75) is 38.7 Å². The zero-order valence-corrected chi connectivity index (χ0v) is 18.0. The lowest BCUT2D eigenvalue weighted by atomic mass is 9.75. The zero-order valence-electron chi connectivity index (χ0n) is 17.2. The largest absolute Gasteiger partial charge is 0.384 e. The lowest BCUT2D eigenvalue weighted by Gasteiger charge is -2.45. The van der Waals surface area contributed by atoms with E-state index < -0.39 is 15.6 Å². The third kappa shape index (κ3) is 4.70. The van der Waals surface area contributed by atoms with Crippen molar-refractivity contribution in [2.24, 2.45) is 17.8 Å². The Morgan fingerprint density at radius 3 is 2.57 bits per heavy atom. The molecule has 0 aromatic heterocycles. The standard InChI is InChI=1S/C21H34N2O4S/c1-16(2)9-10-23-14-18-7-8-19(15-23)21(18,24)17-5-4-6-20(13-17)22-28(25,26)12-11-27-3/h4-6,13,16,18-19,22,24H,7-12,14-15H2,1-3H3. The van der Waals surface area contributed by atoms with Crippen molar-refractivity contribution in [3.05, 3.63) is 29.8 Å². The minimum absolute atomic E-state index is 0.0892. The van der Waals surface area contributed by atoms with E-state index in [1.165, 1.54) is 13.5 Å². The highest BCUT2D eigenvalue weighted by molar-refractivity contribution is 7.92. The number of aliphatic hydroxyl groups is 1. The van der Waals surface area contributed by atoms with Crippen LogP contribution in [0.3, 0.4) is 0 Å². The van der Waals surface area contributed by atoms with Crippen molar-refractivity contribution in [3.63, 3.8) is 0 Å². The third-order valence-corrected chi connectivity index (χ3v) is 7.49. The molecule has 1 aliphatic carbocycles. The topological polar surface area (TPSA) is 78.9 Å². The van der Waals surface area contributed by atoms with E-state index in [1.807, 2.05) is 12.1 Å². The van der Waals surface area contributed by atoms with Gasteiger partial charge in [0.15, 0.2) is 0 Å². The highest BCUT2D eigenvalue weighted by atomic mass is 32.2. The van der Waals surface area contributed by atoms with E-state index in [4.69, 9.17) is 4.74 Å². The normalized spacial score (nSPS) is 28.0. The van der Waals surface area contributed by atoms with Crippen LogP contribution < -0.4 is 4.72 Å². The van der Waals surface area contributed by atoms with E-state index in [2.05, 4.69) is 23.5 Å². The number of methoxy groups -OCH3 is 1. The van der Waals surface area contributed by atoms with Gasteiger partial charge in [-0.2, -0.15) is 0 Å². The molecule has 7 heteroatoms. The second-order valence-corrected chi connectivity index (χ2v) is 10.6. The highest BCUT2D eigenvalue weighted by Crippen LogP contribution is 2.51. The molecule has 2 atom stereocenters. The fourth-order valence-electron chi connectivity index (χ4n) is 4.68. The summed E-state index contributed by atoms with van der Waals surface area (Å²) >= 11 is 0. The predicted octanol–water partition coefficient (Wildman–Crippen LogP) is 2.65. The first-order valence-corrected chi connectivity index (χ1v) is 11.9. The molecule has 0 radical (unpaired) electrons. The number of hydrogen-bond donors (Lipinski definition) is 2. The van der Waals surface area contributed by atoms with Crippen LogP contribution in [-0.2, 0) is 20.4 Å². The average Bonchev–Trinajstić information content (AvgIpc) is 2.82. The SMILES string of the molecule is COCCS(=O)(=O)Nc1cccc(C2(O)C3CCC2CN(CCC(C)C)C3)c1. The summed E-state index contributed by atoms with van der Waals surface area (Å²) in [5.74, 6) is 0.979. The smallest absolute Gasteiger partial charge is 0.234 e. The maximum Gasteiger partial charge on any atom is 0.234 e. The van der Waals surface area contributed by atoms with E-state index >= 15 is 0 Å². The van der Waals surface area contributed by atoms with E-state index in [-0.39, 0.29) is 24.2 Å². The van der Waals surface area contributed by atoms with E-state index in [1.54, 1.807) is 12.1 Å². The van der Waals surface area contributed by atoms with Crippen molar-refractivity contribution in [3.8, 4) is 0 Å². The first kappa shape index (κ1) is 21.6. The van der Waals surface area contributed by atoms with E-state index in [9.17, 15) is 13.5 Å². The highest BCUT2D eigenvalue weighted by Gasteiger charge is 2.53. The van der Waals surface area contributed by atoms with Gasteiger partial charge in [-0.25, -0.2) is 8.42 Å². The van der Waals surface area contributed by atoms with Crippen LogP contribution >= 0.6 is 0 Å². The van der Waals surface area contributed by atoms with Gasteiger partial charge in [0, 0.05) is 37.7 Å². The Kier molecular flexibility index (Phi) is 6.69. The average molecular weight is 411 g/mol. The molecule has 1 saturated heterocycles. The summed E-state index contributed by atoms with van der Waals surface area (Å²) in [7, 11) is -1.98. The lowest BCUT2D eigenvalue weighted by molar-refractivity contribution is -0.0901. The second kappa shape index (κ2) is 8.69. The molecule has 1 heterocycles. The van der Waals surface area contributed by atoms with Crippen LogP contribution in [0.25, 0.3) is 0 Å². The molecular formula is C21H34N2O4S. The number of benzene rings is 1. The fraction of sp³-hybridized carbons (Fsp3) is 0.714. The molecule has 3 rings (SSSR count). The van der Waals surface area contributed by atoms with Gasteiger partial charge in [-0.15, -0.1) is 0 Å². The maximum absolute atomic E-state index is 12.2. The van der Waals surface area contributed by atoms with Gasteiger partial charge in [0.25, 0.3) is 0 Å². The Labute approximate surface area is 169 Å². The summed E-state index contributed by atoms with van der Waals surface area (Å²) in [5, 5.41) is 11.7. The number of nitrogens with one attached hydrogen (secondary N) is 1. The fourth-order valence-corrected chi connectivity index (χ4v) is 5.66. The lowest BCUT2D eigenvalue weighted by Crippen LogP contribution is -2.52. The van der Waals surface area contributed by atoms with Crippen molar-refractivity contribution >= 4 is 15.7 Å². The summed E-state index contributed by atoms with van der Waals surface area (Å²) < 4.78 is 31.8. The number of piperidine rings is 1. The molecule has 2 fully saturated rings. The molecule has 1 aromatic carbocycles. The maximum atomic E-state index is 12.2. The van der Waals surface area contributed by atoms with Crippen molar-refractivity contribution in [1.29, 1.82) is 0 Å². The molecule has 1 aliphatic heterocycles. The van der Waals surface area contributed by atoms with Gasteiger partial charge in [0.2, 0.25) is 10.0 Å².